The van der Waals surface area contributed by atoms with Gasteiger partial charge in [0, 0.05) is 76.7 Å². The first kappa shape index (κ1) is 36.6. The third-order valence-corrected chi connectivity index (χ3v) is 10.9. The molecule has 3 aliphatic heterocycles. The molecule has 0 spiro atoms. The van der Waals surface area contributed by atoms with Gasteiger partial charge in [-0.25, -0.2) is 23.3 Å². The molecule has 3 atom stereocenters. The fourth-order valence-electron chi connectivity index (χ4n) is 7.84. The number of alkyl halides is 5. The molecular formula is C34H44F5N9O4. The summed E-state index contributed by atoms with van der Waals surface area (Å²) in [6.45, 7) is 4.48. The number of piperidine rings is 1. The lowest BCUT2D eigenvalue weighted by Crippen LogP contribution is -2.47. The number of carbonyl (C=O) groups excluding carboxylic acids is 2. The molecule has 0 unspecified atom stereocenters. The van der Waals surface area contributed by atoms with Gasteiger partial charge in [-0.1, -0.05) is 0 Å². The van der Waals surface area contributed by atoms with E-state index in [4.69, 9.17) is 24.5 Å². The van der Waals surface area contributed by atoms with E-state index in [1.807, 2.05) is 0 Å². The highest BCUT2D eigenvalue weighted by atomic mass is 19.4. The van der Waals surface area contributed by atoms with E-state index in [1.54, 1.807) is 23.1 Å². The fourth-order valence-corrected chi connectivity index (χ4v) is 7.84. The molecule has 0 aromatic carbocycles. The van der Waals surface area contributed by atoms with E-state index in [0.717, 1.165) is 13.1 Å². The summed E-state index contributed by atoms with van der Waals surface area (Å²) in [5.41, 5.74) is 1.65. The molecule has 2 N–H and O–H groups in total. The number of nitrogens with one attached hydrogen (secondary N) is 2. The van der Waals surface area contributed by atoms with E-state index in [9.17, 15) is 31.5 Å². The Morgan fingerprint density at radius 2 is 1.77 bits per heavy atom. The number of amides is 2. The number of hydrogen-bond donors (Lipinski definition) is 2. The van der Waals surface area contributed by atoms with Crippen LogP contribution >= 0.6 is 0 Å². The summed E-state index contributed by atoms with van der Waals surface area (Å²) in [7, 11) is 0. The van der Waals surface area contributed by atoms with Crippen LogP contribution in [0.5, 0.6) is 0 Å². The van der Waals surface area contributed by atoms with Crippen LogP contribution in [0.15, 0.2) is 18.5 Å². The summed E-state index contributed by atoms with van der Waals surface area (Å²) < 4.78 is 83.6. The van der Waals surface area contributed by atoms with Crippen molar-refractivity contribution in [2.24, 2.45) is 17.8 Å². The number of aromatic nitrogens is 6. The Kier molecular flexibility index (Phi) is 10.8. The molecule has 3 aromatic rings. The molecule has 284 valence electrons. The molecule has 1 aliphatic carbocycles. The van der Waals surface area contributed by atoms with Crippen LogP contribution in [-0.4, -0.2) is 111 Å². The van der Waals surface area contributed by atoms with Gasteiger partial charge in [-0.15, -0.1) is 0 Å². The Hall–Kier alpha value is -3.77. The summed E-state index contributed by atoms with van der Waals surface area (Å²) >= 11 is 0. The van der Waals surface area contributed by atoms with Crippen molar-refractivity contribution in [1.82, 2.24) is 44.9 Å². The van der Waals surface area contributed by atoms with Crippen LogP contribution in [0, 0.1) is 17.8 Å². The van der Waals surface area contributed by atoms with Gasteiger partial charge in [0.25, 0.3) is 11.7 Å². The Morgan fingerprint density at radius 1 is 1.04 bits per heavy atom. The van der Waals surface area contributed by atoms with Crippen molar-refractivity contribution in [3.63, 3.8) is 0 Å². The minimum atomic E-state index is -4.45. The highest BCUT2D eigenvalue weighted by Crippen LogP contribution is 2.42. The standard InChI is InChI=1S/C34H44F5N9O4/c35-33(36)6-1-21(2-7-33)29(43-31(50)27-3-8-41-47(27)10-9-46-11-15-52-16-12-46)26-20-48-32(42-26)44-28(22-4-13-51-14-5-22)25(45-48)18-23-17-24(34(37,38)39)19-40-30(23)49/h3,8,20-24,29H,1-2,4-7,9-19H2,(H,40,49)(H,43,50)/t23-,24-,29+/m1/s1. The molecule has 3 saturated heterocycles. The van der Waals surface area contributed by atoms with Gasteiger partial charge in [-0.2, -0.15) is 23.4 Å². The second kappa shape index (κ2) is 15.3. The zero-order valence-electron chi connectivity index (χ0n) is 28.8. The SMILES string of the molecule is O=C(N[C@H](c1cn2nc(C[C@H]3C[C@@H](C(F)(F)F)CNC3=O)c(C3CCOCC3)nc2n1)C1CCC(F)(F)CC1)c1ccnn1CCN1CCOCC1. The molecule has 13 nitrogen and oxygen atoms in total. The number of morpholine rings is 1. The van der Waals surface area contributed by atoms with E-state index in [0.29, 0.717) is 75.1 Å². The van der Waals surface area contributed by atoms with Crippen LogP contribution in [0.25, 0.3) is 5.78 Å². The third kappa shape index (κ3) is 8.38. The summed E-state index contributed by atoms with van der Waals surface area (Å²) in [6.07, 6.45) is -0.848. The van der Waals surface area contributed by atoms with Crippen molar-refractivity contribution in [2.45, 2.75) is 82.0 Å². The van der Waals surface area contributed by atoms with Crippen molar-refractivity contribution >= 4 is 17.6 Å². The first-order valence-electron chi connectivity index (χ1n) is 18.1. The lowest BCUT2D eigenvalue weighted by Gasteiger charge is -2.33. The van der Waals surface area contributed by atoms with Crippen LogP contribution in [0.4, 0.5) is 22.0 Å². The molecule has 4 fully saturated rings. The summed E-state index contributed by atoms with van der Waals surface area (Å²) in [5, 5.41) is 14.6. The maximum Gasteiger partial charge on any atom is 0.393 e. The van der Waals surface area contributed by atoms with Crippen molar-refractivity contribution in [3.05, 3.63) is 41.2 Å². The van der Waals surface area contributed by atoms with Crippen molar-refractivity contribution in [1.29, 1.82) is 0 Å². The minimum Gasteiger partial charge on any atom is -0.381 e. The Balaban J connectivity index is 1.18. The van der Waals surface area contributed by atoms with Gasteiger partial charge < -0.3 is 20.1 Å². The summed E-state index contributed by atoms with van der Waals surface area (Å²) in [5.74, 6) is -6.58. The van der Waals surface area contributed by atoms with Crippen LogP contribution < -0.4 is 10.6 Å². The summed E-state index contributed by atoms with van der Waals surface area (Å²) in [6, 6.07) is 0.853. The van der Waals surface area contributed by atoms with Crippen LogP contribution in [0.1, 0.15) is 84.5 Å². The van der Waals surface area contributed by atoms with Crippen LogP contribution in [0.3, 0.4) is 0 Å². The van der Waals surface area contributed by atoms with E-state index in [2.05, 4.69) is 20.6 Å². The monoisotopic (exact) mass is 737 g/mol. The van der Waals surface area contributed by atoms with Gasteiger partial charge in [-0.05, 0) is 44.1 Å². The number of fused-ring (bicyclic) bond motifs is 1. The highest BCUT2D eigenvalue weighted by molar-refractivity contribution is 5.92. The molecule has 52 heavy (non-hydrogen) atoms. The molecular weight excluding hydrogens is 693 g/mol. The number of rotatable bonds is 10. The maximum absolute atomic E-state index is 14.3. The topological polar surface area (TPSA) is 141 Å². The molecule has 7 rings (SSSR count). The van der Waals surface area contributed by atoms with E-state index in [-0.39, 0.29) is 56.1 Å². The molecule has 0 radical (unpaired) electrons. The highest BCUT2D eigenvalue weighted by Gasteiger charge is 2.45. The molecule has 2 amide bonds. The van der Waals surface area contributed by atoms with E-state index < -0.39 is 48.3 Å². The van der Waals surface area contributed by atoms with Gasteiger partial charge in [0.2, 0.25) is 11.8 Å². The minimum absolute atomic E-state index is 0.0477. The Morgan fingerprint density at radius 3 is 2.50 bits per heavy atom. The second-order valence-electron chi connectivity index (χ2n) is 14.4. The van der Waals surface area contributed by atoms with Crippen LogP contribution in [0.2, 0.25) is 0 Å². The lowest BCUT2D eigenvalue weighted by atomic mass is 9.81. The smallest absolute Gasteiger partial charge is 0.381 e. The number of ether oxygens (including phenoxy) is 2. The number of hydrogen-bond acceptors (Lipinski definition) is 9. The normalized spacial score (nSPS) is 24.5. The molecule has 0 bridgehead atoms. The van der Waals surface area contributed by atoms with Crippen molar-refractivity contribution < 1.29 is 41.0 Å². The maximum atomic E-state index is 14.3. The van der Waals surface area contributed by atoms with Gasteiger partial charge in [0.15, 0.2) is 0 Å². The average molecular weight is 738 g/mol. The van der Waals surface area contributed by atoms with Gasteiger partial charge >= 0.3 is 6.18 Å². The zero-order chi connectivity index (χ0) is 36.5. The predicted molar refractivity (Wildman–Crippen MR) is 175 cm³/mol. The second-order valence-corrected chi connectivity index (χ2v) is 14.4. The van der Waals surface area contributed by atoms with Gasteiger partial charge in [-0.3, -0.25) is 19.2 Å². The summed E-state index contributed by atoms with van der Waals surface area (Å²) in [4.78, 5) is 38.5. The predicted octanol–water partition coefficient (Wildman–Crippen LogP) is 3.70. The average Bonchev–Trinajstić information content (AvgIpc) is 3.78. The molecule has 6 heterocycles. The Labute approximate surface area is 297 Å². The molecule has 1 saturated carbocycles. The molecule has 18 heteroatoms. The number of halogens is 5. The lowest BCUT2D eigenvalue weighted by molar-refractivity contribution is -0.183. The molecule has 3 aromatic heterocycles. The largest absolute Gasteiger partial charge is 0.393 e. The van der Waals surface area contributed by atoms with Crippen LogP contribution in [-0.2, 0) is 27.2 Å². The van der Waals surface area contributed by atoms with Crippen molar-refractivity contribution in [2.75, 3.05) is 52.6 Å². The number of nitrogens with zero attached hydrogens (tertiary/aromatic N) is 7. The number of carbonyl (C=O) groups is 2. The third-order valence-electron chi connectivity index (χ3n) is 10.9. The fraction of sp³-hybridized carbons (Fsp3) is 0.706. The van der Waals surface area contributed by atoms with Gasteiger partial charge in [0.1, 0.15) is 5.69 Å². The first-order valence-corrected chi connectivity index (χ1v) is 18.1. The first-order chi connectivity index (χ1) is 24.9. The van der Waals surface area contributed by atoms with Gasteiger partial charge in [0.05, 0.1) is 55.0 Å². The van der Waals surface area contributed by atoms with E-state index in [1.165, 1.54) is 4.52 Å². The van der Waals surface area contributed by atoms with E-state index >= 15 is 0 Å². The zero-order valence-corrected chi connectivity index (χ0v) is 28.8. The van der Waals surface area contributed by atoms with Crippen molar-refractivity contribution in [3.8, 4) is 0 Å². The Bertz CT molecular complexity index is 1710. The number of imidazole rings is 1. The quantitative estimate of drug-likeness (QED) is 0.298. The molecule has 4 aliphatic rings.